The SMILES string of the molecule is CCCCCCOC(CCN(C)[O-])OCCCCCC. The molecule has 0 aromatic heterocycles. The molecule has 0 amide bonds. The van der Waals surface area contributed by atoms with Gasteiger partial charge >= 0.3 is 0 Å². The van der Waals surface area contributed by atoms with Crippen LogP contribution in [0.5, 0.6) is 0 Å². The van der Waals surface area contributed by atoms with Crippen molar-refractivity contribution in [2.75, 3.05) is 26.8 Å². The van der Waals surface area contributed by atoms with E-state index in [0.29, 0.717) is 13.0 Å². The minimum Gasteiger partial charge on any atom is -0.785 e. The lowest BCUT2D eigenvalue weighted by molar-refractivity contribution is -0.148. The van der Waals surface area contributed by atoms with Gasteiger partial charge in [0, 0.05) is 19.6 Å². The van der Waals surface area contributed by atoms with Crippen LogP contribution in [-0.2, 0) is 9.47 Å². The van der Waals surface area contributed by atoms with Gasteiger partial charge in [-0.25, -0.2) is 0 Å². The van der Waals surface area contributed by atoms with Crippen LogP contribution in [0.15, 0.2) is 0 Å². The zero-order valence-electron chi connectivity index (χ0n) is 13.7. The Balaban J connectivity index is 3.70. The number of ether oxygens (including phenoxy) is 2. The smallest absolute Gasteiger partial charge is 0.158 e. The Morgan fingerprint density at radius 3 is 1.75 bits per heavy atom. The van der Waals surface area contributed by atoms with Crippen LogP contribution >= 0.6 is 0 Å². The molecule has 4 nitrogen and oxygen atoms in total. The van der Waals surface area contributed by atoms with Crippen LogP contribution in [0.4, 0.5) is 0 Å². The molecule has 0 aliphatic heterocycles. The molecule has 0 spiro atoms. The molecule has 0 saturated heterocycles. The summed E-state index contributed by atoms with van der Waals surface area (Å²) in [5, 5.41) is 11.9. The lowest BCUT2D eigenvalue weighted by Crippen LogP contribution is -2.24. The molecule has 0 atom stereocenters. The van der Waals surface area contributed by atoms with Gasteiger partial charge in [-0.1, -0.05) is 52.4 Å². The van der Waals surface area contributed by atoms with Crippen molar-refractivity contribution in [1.82, 2.24) is 5.06 Å². The Kier molecular flexibility index (Phi) is 15.1. The summed E-state index contributed by atoms with van der Waals surface area (Å²) >= 11 is 0. The second-order valence-corrected chi connectivity index (χ2v) is 5.43. The van der Waals surface area contributed by atoms with Crippen LogP contribution in [0.25, 0.3) is 0 Å². The first kappa shape index (κ1) is 19.8. The van der Waals surface area contributed by atoms with Crippen molar-refractivity contribution in [2.24, 2.45) is 0 Å². The van der Waals surface area contributed by atoms with Gasteiger partial charge in [0.15, 0.2) is 6.29 Å². The van der Waals surface area contributed by atoms with E-state index in [9.17, 15) is 5.21 Å². The fourth-order valence-corrected chi connectivity index (χ4v) is 1.99. The molecular weight excluding hydrogens is 254 g/mol. The van der Waals surface area contributed by atoms with Crippen LogP contribution in [0, 0.1) is 5.21 Å². The van der Waals surface area contributed by atoms with Gasteiger partial charge in [-0.3, -0.25) is 0 Å². The summed E-state index contributed by atoms with van der Waals surface area (Å²) < 4.78 is 11.5. The van der Waals surface area contributed by atoms with Crippen molar-refractivity contribution in [2.45, 2.75) is 77.9 Å². The molecule has 20 heavy (non-hydrogen) atoms. The maximum absolute atomic E-state index is 11.0. The summed E-state index contributed by atoms with van der Waals surface area (Å²) in [6.07, 6.45) is 10.0. The van der Waals surface area contributed by atoms with Gasteiger partial charge in [-0.05, 0) is 26.4 Å². The first-order chi connectivity index (χ1) is 9.70. The highest BCUT2D eigenvalue weighted by Crippen LogP contribution is 2.08. The second kappa shape index (κ2) is 15.2. The van der Waals surface area contributed by atoms with E-state index in [2.05, 4.69) is 13.8 Å². The van der Waals surface area contributed by atoms with Gasteiger partial charge in [0.05, 0.1) is 0 Å². The molecule has 0 heterocycles. The van der Waals surface area contributed by atoms with E-state index in [1.54, 1.807) is 7.05 Å². The largest absolute Gasteiger partial charge is 0.785 e. The van der Waals surface area contributed by atoms with E-state index >= 15 is 0 Å². The Morgan fingerprint density at radius 1 is 0.850 bits per heavy atom. The van der Waals surface area contributed by atoms with E-state index in [1.165, 1.54) is 38.5 Å². The van der Waals surface area contributed by atoms with E-state index < -0.39 is 0 Å². The average Bonchev–Trinajstić information content (AvgIpc) is 2.43. The highest BCUT2D eigenvalue weighted by molar-refractivity contribution is 4.54. The molecule has 0 aliphatic rings. The van der Waals surface area contributed by atoms with Gasteiger partial charge in [0.1, 0.15) is 0 Å². The summed E-state index contributed by atoms with van der Waals surface area (Å²) in [5.41, 5.74) is 0. The molecule has 0 rings (SSSR count). The van der Waals surface area contributed by atoms with Crippen molar-refractivity contribution in [3.63, 3.8) is 0 Å². The van der Waals surface area contributed by atoms with Crippen LogP contribution < -0.4 is 0 Å². The quantitative estimate of drug-likeness (QED) is 0.256. The lowest BCUT2D eigenvalue weighted by Gasteiger charge is -2.25. The van der Waals surface area contributed by atoms with Crippen LogP contribution in [0.1, 0.15) is 71.6 Å². The van der Waals surface area contributed by atoms with Crippen molar-refractivity contribution < 1.29 is 9.47 Å². The Hall–Kier alpha value is -0.160. The predicted octanol–water partition coefficient (Wildman–Crippen LogP) is 4.33. The normalized spacial score (nSPS) is 11.7. The van der Waals surface area contributed by atoms with Crippen molar-refractivity contribution in [3.8, 4) is 0 Å². The summed E-state index contributed by atoms with van der Waals surface area (Å²) in [6.45, 7) is 6.35. The molecule has 0 radical (unpaired) electrons. The summed E-state index contributed by atoms with van der Waals surface area (Å²) in [4.78, 5) is 0. The summed E-state index contributed by atoms with van der Waals surface area (Å²) in [6, 6.07) is 0. The molecule has 0 unspecified atom stereocenters. The fourth-order valence-electron chi connectivity index (χ4n) is 1.99. The first-order valence-corrected chi connectivity index (χ1v) is 8.32. The van der Waals surface area contributed by atoms with Crippen LogP contribution in [0.3, 0.4) is 0 Å². The first-order valence-electron chi connectivity index (χ1n) is 8.32. The zero-order chi connectivity index (χ0) is 15.1. The van der Waals surface area contributed by atoms with Crippen LogP contribution in [0.2, 0.25) is 0 Å². The molecule has 0 N–H and O–H groups in total. The standard InChI is InChI=1S/C16H34NO3/c1-4-6-8-10-14-19-16(12-13-17(3)18)20-15-11-9-7-5-2/h16H,4-15H2,1-3H3/q-1. The lowest BCUT2D eigenvalue weighted by atomic mass is 10.2. The summed E-state index contributed by atoms with van der Waals surface area (Å²) in [5.74, 6) is 0. The van der Waals surface area contributed by atoms with Gasteiger partial charge < -0.3 is 19.7 Å². The second-order valence-electron chi connectivity index (χ2n) is 5.43. The summed E-state index contributed by atoms with van der Waals surface area (Å²) in [7, 11) is 1.54. The molecule has 0 aliphatic carbocycles. The topological polar surface area (TPSA) is 44.8 Å². The monoisotopic (exact) mass is 288 g/mol. The molecular formula is C16H34NO3-. The van der Waals surface area contributed by atoms with E-state index in [1.807, 2.05) is 0 Å². The number of hydrogen-bond donors (Lipinski definition) is 0. The Morgan fingerprint density at radius 2 is 1.35 bits per heavy atom. The van der Waals surface area contributed by atoms with Crippen molar-refractivity contribution >= 4 is 0 Å². The molecule has 0 fully saturated rings. The number of nitrogens with zero attached hydrogens (tertiary/aromatic N) is 1. The van der Waals surface area contributed by atoms with Crippen LogP contribution in [-0.4, -0.2) is 38.2 Å². The maximum atomic E-state index is 11.0. The average molecular weight is 288 g/mol. The van der Waals surface area contributed by atoms with Gasteiger partial charge in [-0.15, -0.1) is 0 Å². The highest BCUT2D eigenvalue weighted by atomic mass is 16.7. The van der Waals surface area contributed by atoms with Crippen molar-refractivity contribution in [1.29, 1.82) is 0 Å². The zero-order valence-corrected chi connectivity index (χ0v) is 13.7. The van der Waals surface area contributed by atoms with Crippen molar-refractivity contribution in [3.05, 3.63) is 5.21 Å². The Labute approximate surface area is 125 Å². The van der Waals surface area contributed by atoms with E-state index in [4.69, 9.17) is 9.47 Å². The third kappa shape index (κ3) is 14.3. The molecule has 0 bridgehead atoms. The fraction of sp³-hybridized carbons (Fsp3) is 1.00. The molecule has 0 aromatic rings. The third-order valence-electron chi connectivity index (χ3n) is 3.28. The number of hydrogen-bond acceptors (Lipinski definition) is 4. The van der Waals surface area contributed by atoms with Gasteiger partial charge in [0.25, 0.3) is 0 Å². The van der Waals surface area contributed by atoms with Gasteiger partial charge in [-0.2, -0.15) is 0 Å². The molecule has 4 heteroatoms. The molecule has 0 aromatic carbocycles. The highest BCUT2D eigenvalue weighted by Gasteiger charge is 2.08. The third-order valence-corrected chi connectivity index (χ3v) is 3.28. The number of hydroxylamine groups is 2. The van der Waals surface area contributed by atoms with Gasteiger partial charge in [0.2, 0.25) is 0 Å². The molecule has 122 valence electrons. The van der Waals surface area contributed by atoms with E-state index in [0.717, 1.165) is 31.1 Å². The number of rotatable bonds is 15. The Bertz CT molecular complexity index is 175. The maximum Gasteiger partial charge on any atom is 0.158 e. The van der Waals surface area contributed by atoms with E-state index in [-0.39, 0.29) is 6.29 Å². The number of unbranched alkanes of at least 4 members (excludes halogenated alkanes) is 6. The molecule has 0 saturated carbocycles. The minimum atomic E-state index is -0.213. The minimum absolute atomic E-state index is 0.213. The predicted molar refractivity (Wildman–Crippen MR) is 84.6 cm³/mol.